The van der Waals surface area contributed by atoms with E-state index in [1.165, 1.54) is 36.0 Å². The Morgan fingerprint density at radius 2 is 1.49 bits per heavy atom. The summed E-state index contributed by atoms with van der Waals surface area (Å²) in [6.07, 6.45) is 16.8. The van der Waals surface area contributed by atoms with Gasteiger partial charge >= 0.3 is 10.4 Å². The molecule has 392 valence electrons. The number of hydrogen-bond acceptors (Lipinski definition) is 10. The molecule has 14 aliphatic rings. The second kappa shape index (κ2) is 15.3. The zero-order chi connectivity index (χ0) is 50.0. The third kappa shape index (κ3) is 6.39. The largest absolute Gasteiger partial charge is 0.397 e. The van der Waals surface area contributed by atoms with Crippen molar-refractivity contribution in [2.24, 2.45) is 79.8 Å². The molecule has 4 saturated carbocycles. The molecule has 2 spiro atoms. The average Bonchev–Trinajstić information content (AvgIpc) is 3.85. The molecular weight excluding hydrogens is 905 g/mol. The van der Waals surface area contributed by atoms with Gasteiger partial charge in [-0.2, -0.15) is 8.42 Å². The van der Waals surface area contributed by atoms with Crippen molar-refractivity contribution in [3.05, 3.63) is 33.9 Å². The van der Waals surface area contributed by atoms with Crippen molar-refractivity contribution in [2.75, 3.05) is 13.2 Å². The van der Waals surface area contributed by atoms with Gasteiger partial charge in [0.15, 0.2) is 11.6 Å². The van der Waals surface area contributed by atoms with E-state index in [4.69, 9.17) is 23.1 Å². The lowest BCUT2D eigenvalue weighted by molar-refractivity contribution is -0.408. The van der Waals surface area contributed by atoms with Crippen LogP contribution in [0.1, 0.15) is 185 Å². The fourth-order valence-electron chi connectivity index (χ4n) is 21.4. The first-order valence-corrected chi connectivity index (χ1v) is 29.4. The maximum atomic E-state index is 12.6. The molecule has 6 saturated heterocycles. The standard InChI is InChI=1S/C58H88O11S/c1-32(37-14-16-39-35-13-18-45-49(3,4)57(60)25-24-55(45,30-65-57)41(35)20-22-52(37,39)9)12-19-47-54(11)28-34(51(7,8)69-54)26-43(67-47)33(2)38-15-17-40-36-27-44(68-70(62,63)64)48-50(5,6)58(61)46(59)29-56(48,31-66-58)42(36)21-23-53(38,40)10/h18,32-34,37-40,43-44,46-48,59-61H,12-17,19-31H2,1-11H3,(H,62,63,64)/t32-,33?,34-,37-,38-,39?,40?,43-,44+,46+,47+,48?,52-,53-,54-,55+,56+,57-,58-/m1/s1. The van der Waals surface area contributed by atoms with Crippen LogP contribution in [-0.2, 0) is 33.5 Å². The molecule has 0 amide bonds. The molecule has 14 rings (SSSR count). The van der Waals surface area contributed by atoms with E-state index in [-0.39, 0.29) is 64.0 Å². The minimum absolute atomic E-state index is 0.00938. The first-order valence-electron chi connectivity index (χ1n) is 28.1. The van der Waals surface area contributed by atoms with Crippen LogP contribution in [-0.4, -0.2) is 88.7 Å². The maximum Gasteiger partial charge on any atom is 0.397 e. The fourth-order valence-corrected chi connectivity index (χ4v) is 21.9. The maximum absolute atomic E-state index is 12.6. The van der Waals surface area contributed by atoms with E-state index in [0.29, 0.717) is 55.0 Å². The van der Waals surface area contributed by atoms with Crippen LogP contribution in [0.3, 0.4) is 0 Å². The average molecular weight is 993 g/mol. The summed E-state index contributed by atoms with van der Waals surface area (Å²) in [6, 6.07) is 0. The summed E-state index contributed by atoms with van der Waals surface area (Å²) in [6.45, 7) is 26.0. The van der Waals surface area contributed by atoms with Crippen molar-refractivity contribution < 1.29 is 51.4 Å². The lowest BCUT2D eigenvalue weighted by Crippen LogP contribution is -2.76. The molecule has 0 aromatic carbocycles. The third-order valence-electron chi connectivity index (χ3n) is 24.9. The van der Waals surface area contributed by atoms with Gasteiger partial charge in [-0.1, -0.05) is 89.3 Å². The van der Waals surface area contributed by atoms with Crippen molar-refractivity contribution >= 4 is 10.4 Å². The van der Waals surface area contributed by atoms with Crippen LogP contribution in [0, 0.1) is 79.8 Å². The summed E-state index contributed by atoms with van der Waals surface area (Å²) in [5.41, 5.74) is 4.81. The molecule has 8 aliphatic carbocycles. The van der Waals surface area contributed by atoms with E-state index in [9.17, 15) is 28.3 Å². The Bertz CT molecular complexity index is 2410. The third-order valence-corrected chi connectivity index (χ3v) is 25.4. The highest BCUT2D eigenvalue weighted by Crippen LogP contribution is 2.74. The molecule has 0 aromatic rings. The minimum atomic E-state index is -4.81. The summed E-state index contributed by atoms with van der Waals surface area (Å²) >= 11 is 0. The molecular formula is C58H88O11S. The molecule has 70 heavy (non-hydrogen) atoms. The molecule has 4 unspecified atom stereocenters. The van der Waals surface area contributed by atoms with Crippen LogP contribution in [0.5, 0.6) is 0 Å². The van der Waals surface area contributed by atoms with Gasteiger partial charge in [-0.3, -0.25) is 4.55 Å². The van der Waals surface area contributed by atoms with E-state index >= 15 is 0 Å². The van der Waals surface area contributed by atoms with Gasteiger partial charge in [0.2, 0.25) is 0 Å². The van der Waals surface area contributed by atoms with E-state index in [2.05, 4.69) is 68.4 Å². The molecule has 19 atom stereocenters. The Morgan fingerprint density at radius 3 is 2.16 bits per heavy atom. The molecule has 11 nitrogen and oxygen atoms in total. The van der Waals surface area contributed by atoms with Crippen LogP contribution in [0.15, 0.2) is 33.9 Å². The van der Waals surface area contributed by atoms with E-state index in [0.717, 1.165) is 70.6 Å². The highest BCUT2D eigenvalue weighted by molar-refractivity contribution is 7.80. The van der Waals surface area contributed by atoms with Gasteiger partial charge < -0.3 is 34.3 Å². The second-order valence-electron chi connectivity index (χ2n) is 28.7. The predicted octanol–water partition coefficient (Wildman–Crippen LogP) is 10.6. The Labute approximate surface area is 419 Å². The Balaban J connectivity index is 0.782. The summed E-state index contributed by atoms with van der Waals surface area (Å²) in [5, 5.41) is 34.8. The molecule has 6 aliphatic heterocycles. The van der Waals surface area contributed by atoms with Crippen molar-refractivity contribution in [1.29, 1.82) is 0 Å². The first kappa shape index (κ1) is 49.7. The van der Waals surface area contributed by atoms with E-state index < -0.39 is 50.9 Å². The lowest BCUT2D eigenvalue weighted by atomic mass is 9.42. The van der Waals surface area contributed by atoms with Gasteiger partial charge in [0, 0.05) is 34.0 Å². The van der Waals surface area contributed by atoms with Crippen molar-refractivity contribution in [2.45, 2.75) is 233 Å². The Hall–Kier alpha value is -1.19. The minimum Gasteiger partial charge on any atom is -0.387 e. The molecule has 0 radical (unpaired) electrons. The summed E-state index contributed by atoms with van der Waals surface area (Å²) in [4.78, 5) is 0. The van der Waals surface area contributed by atoms with E-state index in [1.54, 1.807) is 11.1 Å². The Kier molecular flexibility index (Phi) is 10.8. The topological polar surface area (TPSA) is 161 Å². The van der Waals surface area contributed by atoms with Crippen LogP contribution >= 0.6 is 0 Å². The first-order chi connectivity index (χ1) is 32.5. The van der Waals surface area contributed by atoms with Crippen LogP contribution in [0.2, 0.25) is 0 Å². The number of rotatable bonds is 8. The van der Waals surface area contributed by atoms with Gasteiger partial charge in [0.05, 0.1) is 42.7 Å². The number of hydrogen-bond donors (Lipinski definition) is 4. The summed E-state index contributed by atoms with van der Waals surface area (Å²) in [5.74, 6) is -0.282. The summed E-state index contributed by atoms with van der Waals surface area (Å²) in [7, 11) is -4.81. The number of allylic oxidation sites excluding steroid dienone is 2. The zero-order valence-corrected chi connectivity index (χ0v) is 45.3. The number of fused-ring (bicyclic) bond motifs is 10. The summed E-state index contributed by atoms with van der Waals surface area (Å²) < 4.78 is 68.4. The monoisotopic (exact) mass is 993 g/mol. The Morgan fingerprint density at radius 1 is 0.814 bits per heavy atom. The number of aliphatic hydroxyl groups excluding tert-OH is 1. The SMILES string of the molecule is CC([C@H]1CCC2C3=C(CC[C@@]21C)[C@@]12CO[C@](O)([C@@H](O)C1)C(C)(C)C2[C@@H](OS(=O)(=O)O)C3)[C@H]1C[C@@H]2C[C@@](C)(OC2(C)C)[C@H](CC[C@@H](C)[C@H]2CCC3C4=C(CC[C@@]32C)[C@]23CC[C@@](O)(OC2)C(C)(C)C3=CC4)O1. The van der Waals surface area contributed by atoms with Gasteiger partial charge in [-0.05, 0) is 176 Å². The predicted molar refractivity (Wildman–Crippen MR) is 265 cm³/mol. The van der Waals surface area contributed by atoms with Crippen molar-refractivity contribution in [3.63, 3.8) is 0 Å². The highest BCUT2D eigenvalue weighted by Gasteiger charge is 2.75. The highest BCUT2D eigenvalue weighted by atomic mass is 32.3. The molecule has 6 bridgehead atoms. The molecule has 4 N–H and O–H groups in total. The fraction of sp³-hybridized carbons (Fsp3) is 0.897. The van der Waals surface area contributed by atoms with Crippen molar-refractivity contribution in [1.82, 2.24) is 0 Å². The normalized spacial score (nSPS) is 52.2. The number of ether oxygens (including phenoxy) is 4. The van der Waals surface area contributed by atoms with Crippen LogP contribution < -0.4 is 0 Å². The second-order valence-corrected chi connectivity index (χ2v) is 29.7. The van der Waals surface area contributed by atoms with E-state index in [1.807, 2.05) is 13.8 Å². The lowest BCUT2D eigenvalue weighted by Gasteiger charge is -2.69. The molecule has 12 heteroatoms. The molecule has 10 fully saturated rings. The van der Waals surface area contributed by atoms with Gasteiger partial charge in [-0.15, -0.1) is 0 Å². The molecule has 0 aromatic heterocycles. The van der Waals surface area contributed by atoms with Gasteiger partial charge in [0.1, 0.15) is 6.10 Å². The number of aliphatic hydroxyl groups is 3. The van der Waals surface area contributed by atoms with Gasteiger partial charge in [0.25, 0.3) is 0 Å². The molecule has 6 heterocycles. The van der Waals surface area contributed by atoms with Crippen LogP contribution in [0.4, 0.5) is 0 Å². The zero-order valence-electron chi connectivity index (χ0n) is 44.5. The van der Waals surface area contributed by atoms with Crippen LogP contribution in [0.25, 0.3) is 0 Å². The van der Waals surface area contributed by atoms with Gasteiger partial charge in [-0.25, -0.2) is 4.18 Å². The van der Waals surface area contributed by atoms with Crippen molar-refractivity contribution in [3.8, 4) is 0 Å². The smallest absolute Gasteiger partial charge is 0.387 e. The quantitative estimate of drug-likeness (QED) is 0.135.